The van der Waals surface area contributed by atoms with Gasteiger partial charge in [0.05, 0.1) is 0 Å². The van der Waals surface area contributed by atoms with Gasteiger partial charge in [0.1, 0.15) is 0 Å². The third kappa shape index (κ3) is 6.47. The van der Waals surface area contributed by atoms with E-state index in [1.807, 2.05) is 29.5 Å². The first kappa shape index (κ1) is 36.3. The van der Waals surface area contributed by atoms with Crippen molar-refractivity contribution in [3.05, 3.63) is 212 Å². The molecule has 0 aliphatic heterocycles. The molecule has 0 unspecified atom stereocenters. The minimum Gasteiger partial charge on any atom is -0.208 e. The summed E-state index contributed by atoms with van der Waals surface area (Å²) in [7, 11) is 0. The molecule has 12 aromatic rings. The smallest absolute Gasteiger partial charge is 0.164 e. The van der Waals surface area contributed by atoms with E-state index in [0.717, 1.165) is 27.6 Å². The topological polar surface area (TPSA) is 38.7 Å². The lowest BCUT2D eigenvalue weighted by Crippen LogP contribution is -2.00. The Morgan fingerprint density at radius 2 is 0.726 bits per heavy atom. The number of aromatic nitrogens is 3. The summed E-state index contributed by atoms with van der Waals surface area (Å²) in [6.45, 7) is 0. The van der Waals surface area contributed by atoms with Gasteiger partial charge in [0.2, 0.25) is 0 Å². The summed E-state index contributed by atoms with van der Waals surface area (Å²) < 4.78 is 5.00. The third-order valence-corrected chi connectivity index (χ3v) is 14.0. The normalized spacial score (nSPS) is 11.5. The average molecular weight is 826 g/mol. The van der Waals surface area contributed by atoms with Crippen LogP contribution in [-0.2, 0) is 0 Å². The predicted molar refractivity (Wildman–Crippen MR) is 264 cm³/mol. The molecule has 3 heterocycles. The van der Waals surface area contributed by atoms with E-state index in [1.165, 1.54) is 73.9 Å². The van der Waals surface area contributed by atoms with E-state index in [2.05, 4.69) is 194 Å². The summed E-state index contributed by atoms with van der Waals surface area (Å²) in [6.07, 6.45) is 0. The van der Waals surface area contributed by atoms with Gasteiger partial charge in [-0.05, 0) is 87.0 Å². The Morgan fingerprint density at radius 1 is 0.242 bits per heavy atom. The Labute approximate surface area is 366 Å². The fraction of sp³-hybridized carbons (Fsp3) is 0. The van der Waals surface area contributed by atoms with Crippen LogP contribution in [0.1, 0.15) is 0 Å². The Kier molecular flexibility index (Phi) is 8.87. The fourth-order valence-electron chi connectivity index (χ4n) is 8.75. The number of nitrogens with zero attached hydrogens (tertiary/aromatic N) is 3. The molecule has 0 atom stereocenters. The van der Waals surface area contributed by atoms with Crippen molar-refractivity contribution in [2.24, 2.45) is 0 Å². The lowest BCUT2D eigenvalue weighted by Gasteiger charge is -2.13. The summed E-state index contributed by atoms with van der Waals surface area (Å²) in [5.41, 5.74) is 12.3. The van der Waals surface area contributed by atoms with Gasteiger partial charge in [0.15, 0.2) is 17.5 Å². The second-order valence-electron chi connectivity index (χ2n) is 15.5. The first-order chi connectivity index (χ1) is 30.7. The molecular weight excluding hydrogens is 791 g/mol. The maximum absolute atomic E-state index is 5.30. The van der Waals surface area contributed by atoms with E-state index in [4.69, 9.17) is 15.0 Å². The second kappa shape index (κ2) is 15.2. The number of hydrogen-bond donors (Lipinski definition) is 0. The molecule has 5 heteroatoms. The lowest BCUT2D eigenvalue weighted by atomic mass is 9.92. The number of fused-ring (bicyclic) bond motifs is 6. The summed E-state index contributed by atoms with van der Waals surface area (Å²) in [4.78, 5) is 15.7. The number of benzene rings is 9. The highest BCUT2D eigenvalue weighted by atomic mass is 32.1. The van der Waals surface area contributed by atoms with Crippen LogP contribution in [0.2, 0.25) is 0 Å². The van der Waals surface area contributed by atoms with Crippen molar-refractivity contribution < 1.29 is 0 Å². The van der Waals surface area contributed by atoms with Crippen LogP contribution in [0.3, 0.4) is 0 Å². The molecule has 290 valence electrons. The van der Waals surface area contributed by atoms with Crippen molar-refractivity contribution in [1.29, 1.82) is 0 Å². The SMILES string of the molecule is c1ccc(-c2cccc(-c3ccccc3-c3ccc4sc5cccc(-c6nc(-c7ccccc7)nc(-c7cccc(-c8ccc9c(c8)sc8ccccc89)c7)n6)c5c4c3)c2)cc1. The Hall–Kier alpha value is -7.57. The molecule has 0 amide bonds. The van der Waals surface area contributed by atoms with Crippen LogP contribution in [0.15, 0.2) is 212 Å². The van der Waals surface area contributed by atoms with Crippen LogP contribution >= 0.6 is 22.7 Å². The van der Waals surface area contributed by atoms with Crippen molar-refractivity contribution >= 4 is 63.0 Å². The van der Waals surface area contributed by atoms with Gasteiger partial charge in [-0.3, -0.25) is 0 Å². The summed E-state index contributed by atoms with van der Waals surface area (Å²) in [5.74, 6) is 1.94. The minimum absolute atomic E-state index is 0.641. The van der Waals surface area contributed by atoms with Gasteiger partial charge in [-0.15, -0.1) is 22.7 Å². The summed E-state index contributed by atoms with van der Waals surface area (Å²) in [5, 5.41) is 4.94. The minimum atomic E-state index is 0.641. The van der Waals surface area contributed by atoms with Gasteiger partial charge in [0, 0.05) is 57.0 Å². The third-order valence-electron chi connectivity index (χ3n) is 11.8. The second-order valence-corrected chi connectivity index (χ2v) is 17.7. The lowest BCUT2D eigenvalue weighted by molar-refractivity contribution is 1.08. The predicted octanol–water partition coefficient (Wildman–Crippen LogP) is 16.3. The quantitative estimate of drug-likeness (QED) is 0.161. The number of rotatable bonds is 7. The molecule has 0 fully saturated rings. The van der Waals surface area contributed by atoms with E-state index >= 15 is 0 Å². The summed E-state index contributed by atoms with van der Waals surface area (Å²) in [6, 6.07) is 75.8. The molecule has 0 N–H and O–H groups in total. The average Bonchev–Trinajstić information content (AvgIpc) is 3.92. The summed E-state index contributed by atoms with van der Waals surface area (Å²) >= 11 is 3.65. The Morgan fingerprint density at radius 3 is 1.53 bits per heavy atom. The molecule has 9 aromatic carbocycles. The maximum Gasteiger partial charge on any atom is 0.164 e. The highest BCUT2D eigenvalue weighted by Gasteiger charge is 2.19. The van der Waals surface area contributed by atoms with Crippen LogP contribution in [-0.4, -0.2) is 15.0 Å². The zero-order valence-corrected chi connectivity index (χ0v) is 35.0. The van der Waals surface area contributed by atoms with Gasteiger partial charge in [-0.25, -0.2) is 15.0 Å². The number of thiophene rings is 2. The number of hydrogen-bond acceptors (Lipinski definition) is 5. The molecule has 0 aliphatic rings. The molecular formula is C57H35N3S2. The van der Waals surface area contributed by atoms with Crippen molar-refractivity contribution in [2.45, 2.75) is 0 Å². The van der Waals surface area contributed by atoms with E-state index in [0.29, 0.717) is 17.5 Å². The molecule has 3 aromatic heterocycles. The largest absolute Gasteiger partial charge is 0.208 e. The fourth-order valence-corrected chi connectivity index (χ4v) is 11.0. The molecule has 0 saturated heterocycles. The van der Waals surface area contributed by atoms with Crippen molar-refractivity contribution in [3.8, 4) is 78.7 Å². The van der Waals surface area contributed by atoms with E-state index < -0.39 is 0 Å². The molecule has 12 rings (SSSR count). The Bertz CT molecular complexity index is 3640. The van der Waals surface area contributed by atoms with Crippen LogP contribution in [0.5, 0.6) is 0 Å². The standard InChI is InChI=1S/C57H35N3S2/c1-3-14-36(15-4-1)38-18-11-20-41(32-38)44-22-7-8-23-45(44)42-29-31-51-49(34-42)54-48(25-13-27-52(54)61-51)57-59-55(37-16-5-2-6-17-37)58-56(60-57)43-21-12-19-39(33-43)40-28-30-47-46-24-9-10-26-50(46)62-53(47)35-40/h1-35H. The van der Waals surface area contributed by atoms with E-state index in [9.17, 15) is 0 Å². The van der Waals surface area contributed by atoms with Crippen molar-refractivity contribution in [2.75, 3.05) is 0 Å². The molecule has 62 heavy (non-hydrogen) atoms. The molecule has 0 spiro atoms. The molecule has 0 saturated carbocycles. The monoisotopic (exact) mass is 825 g/mol. The zero-order chi connectivity index (χ0) is 41.0. The molecule has 0 radical (unpaired) electrons. The first-order valence-electron chi connectivity index (χ1n) is 20.7. The zero-order valence-electron chi connectivity index (χ0n) is 33.4. The highest BCUT2D eigenvalue weighted by molar-refractivity contribution is 7.26. The molecule has 0 aliphatic carbocycles. The van der Waals surface area contributed by atoms with Gasteiger partial charge in [-0.1, -0.05) is 170 Å². The van der Waals surface area contributed by atoms with E-state index in [-0.39, 0.29) is 0 Å². The van der Waals surface area contributed by atoms with Gasteiger partial charge in [0.25, 0.3) is 0 Å². The van der Waals surface area contributed by atoms with Crippen LogP contribution in [0.4, 0.5) is 0 Å². The van der Waals surface area contributed by atoms with Crippen LogP contribution in [0.25, 0.3) is 119 Å². The van der Waals surface area contributed by atoms with E-state index in [1.54, 1.807) is 11.3 Å². The van der Waals surface area contributed by atoms with Crippen LogP contribution < -0.4 is 0 Å². The molecule has 3 nitrogen and oxygen atoms in total. The highest BCUT2D eigenvalue weighted by Crippen LogP contribution is 2.43. The first-order valence-corrected chi connectivity index (χ1v) is 22.4. The van der Waals surface area contributed by atoms with Crippen LogP contribution in [0, 0.1) is 0 Å². The van der Waals surface area contributed by atoms with Gasteiger partial charge >= 0.3 is 0 Å². The maximum atomic E-state index is 5.30. The van der Waals surface area contributed by atoms with Gasteiger partial charge in [-0.2, -0.15) is 0 Å². The Balaban J connectivity index is 0.989. The van der Waals surface area contributed by atoms with Crippen molar-refractivity contribution in [1.82, 2.24) is 15.0 Å². The van der Waals surface area contributed by atoms with Gasteiger partial charge < -0.3 is 0 Å². The van der Waals surface area contributed by atoms with Crippen molar-refractivity contribution in [3.63, 3.8) is 0 Å². The molecule has 0 bridgehead atoms.